The molecule has 1 unspecified atom stereocenters. The quantitative estimate of drug-likeness (QED) is 0.862. The first-order valence-electron chi connectivity index (χ1n) is 6.66. The van der Waals surface area contributed by atoms with E-state index >= 15 is 0 Å². The van der Waals surface area contributed by atoms with Crippen molar-refractivity contribution < 1.29 is 9.47 Å². The summed E-state index contributed by atoms with van der Waals surface area (Å²) in [5, 5.41) is 0.689. The topological polar surface area (TPSA) is 44.5 Å². The summed E-state index contributed by atoms with van der Waals surface area (Å²) in [5.74, 6) is 1.47. The molecule has 3 rings (SSSR count). The summed E-state index contributed by atoms with van der Waals surface area (Å²) in [6.45, 7) is 3.12. The van der Waals surface area contributed by atoms with E-state index in [4.69, 9.17) is 26.8 Å². The lowest BCUT2D eigenvalue weighted by Gasteiger charge is -2.22. The van der Waals surface area contributed by atoms with Crippen LogP contribution in [-0.4, -0.2) is 13.2 Å². The van der Waals surface area contributed by atoms with E-state index in [0.717, 1.165) is 32.7 Å². The Kier molecular flexibility index (Phi) is 4.11. The van der Waals surface area contributed by atoms with Crippen LogP contribution in [0.2, 0.25) is 5.02 Å². The largest absolute Gasteiger partial charge is 0.486 e. The number of aryl methyl sites for hydroxylation is 1. The molecule has 1 aliphatic heterocycles. The van der Waals surface area contributed by atoms with Crippen LogP contribution >= 0.6 is 27.5 Å². The molecule has 2 N–H and O–H groups in total. The standard InChI is InChI=1S/C16H15BrClNO2/c1-9-4-10(6-11(18)5-9)16(19)12-7-14-15(8-13(12)17)21-3-2-20-14/h4-8,16H,2-3,19H2,1H3. The van der Waals surface area contributed by atoms with Crippen LogP contribution in [0.25, 0.3) is 0 Å². The summed E-state index contributed by atoms with van der Waals surface area (Å²) in [6, 6.07) is 9.40. The van der Waals surface area contributed by atoms with Gasteiger partial charge in [0.2, 0.25) is 0 Å². The molecule has 3 nitrogen and oxygen atoms in total. The van der Waals surface area contributed by atoms with E-state index in [9.17, 15) is 0 Å². The molecule has 1 heterocycles. The molecule has 0 aliphatic carbocycles. The Morgan fingerprint density at radius 1 is 1.10 bits per heavy atom. The summed E-state index contributed by atoms with van der Waals surface area (Å²) in [7, 11) is 0. The van der Waals surface area contributed by atoms with Gasteiger partial charge in [0.1, 0.15) is 13.2 Å². The van der Waals surface area contributed by atoms with Crippen molar-refractivity contribution in [2.45, 2.75) is 13.0 Å². The van der Waals surface area contributed by atoms with E-state index < -0.39 is 0 Å². The molecule has 21 heavy (non-hydrogen) atoms. The molecule has 1 atom stereocenters. The number of rotatable bonds is 2. The fourth-order valence-corrected chi connectivity index (χ4v) is 3.31. The first kappa shape index (κ1) is 14.7. The zero-order valence-corrected chi connectivity index (χ0v) is 13.9. The van der Waals surface area contributed by atoms with Crippen molar-refractivity contribution in [1.29, 1.82) is 0 Å². The van der Waals surface area contributed by atoms with E-state index in [-0.39, 0.29) is 6.04 Å². The highest BCUT2D eigenvalue weighted by Gasteiger charge is 2.19. The van der Waals surface area contributed by atoms with Gasteiger partial charge in [-0.3, -0.25) is 0 Å². The van der Waals surface area contributed by atoms with Gasteiger partial charge >= 0.3 is 0 Å². The third-order valence-corrected chi connectivity index (χ3v) is 4.33. The van der Waals surface area contributed by atoms with Crippen molar-refractivity contribution in [2.24, 2.45) is 5.73 Å². The molecule has 0 fully saturated rings. The van der Waals surface area contributed by atoms with Crippen LogP contribution < -0.4 is 15.2 Å². The van der Waals surface area contributed by atoms with Crippen LogP contribution in [0.3, 0.4) is 0 Å². The Bertz CT molecular complexity index is 670. The number of benzene rings is 2. The maximum atomic E-state index is 6.40. The number of hydrogen-bond donors (Lipinski definition) is 1. The van der Waals surface area contributed by atoms with E-state index in [2.05, 4.69) is 15.9 Å². The maximum absolute atomic E-state index is 6.40. The molecule has 0 saturated heterocycles. The van der Waals surface area contributed by atoms with Crippen molar-refractivity contribution in [3.63, 3.8) is 0 Å². The van der Waals surface area contributed by atoms with Gasteiger partial charge in [-0.15, -0.1) is 0 Å². The fourth-order valence-electron chi connectivity index (χ4n) is 2.44. The van der Waals surface area contributed by atoms with E-state index in [0.29, 0.717) is 18.2 Å². The monoisotopic (exact) mass is 367 g/mol. The molecule has 110 valence electrons. The third-order valence-electron chi connectivity index (χ3n) is 3.42. The molecule has 5 heteroatoms. The third kappa shape index (κ3) is 3.03. The van der Waals surface area contributed by atoms with Crippen molar-refractivity contribution in [1.82, 2.24) is 0 Å². The second kappa shape index (κ2) is 5.87. The van der Waals surface area contributed by atoms with Gasteiger partial charge < -0.3 is 15.2 Å². The smallest absolute Gasteiger partial charge is 0.162 e. The Morgan fingerprint density at radius 2 is 1.76 bits per heavy atom. The predicted molar refractivity (Wildman–Crippen MR) is 87.4 cm³/mol. The van der Waals surface area contributed by atoms with Gasteiger partial charge in [-0.05, 0) is 47.9 Å². The average Bonchev–Trinajstić information content (AvgIpc) is 2.44. The van der Waals surface area contributed by atoms with Gasteiger partial charge in [0.25, 0.3) is 0 Å². The van der Waals surface area contributed by atoms with Crippen LogP contribution in [0.15, 0.2) is 34.8 Å². The second-order valence-electron chi connectivity index (χ2n) is 5.06. The minimum Gasteiger partial charge on any atom is -0.486 e. The van der Waals surface area contributed by atoms with Crippen molar-refractivity contribution >= 4 is 27.5 Å². The lowest BCUT2D eigenvalue weighted by Crippen LogP contribution is -2.17. The molecule has 0 aromatic heterocycles. The van der Waals surface area contributed by atoms with Gasteiger partial charge in [-0.2, -0.15) is 0 Å². The molecule has 0 radical (unpaired) electrons. The highest BCUT2D eigenvalue weighted by atomic mass is 79.9. The zero-order chi connectivity index (χ0) is 15.0. The van der Waals surface area contributed by atoms with E-state index in [1.165, 1.54) is 0 Å². The number of ether oxygens (including phenoxy) is 2. The van der Waals surface area contributed by atoms with Crippen LogP contribution in [0, 0.1) is 6.92 Å². The van der Waals surface area contributed by atoms with Crippen LogP contribution in [0.4, 0.5) is 0 Å². The van der Waals surface area contributed by atoms with Crippen molar-refractivity contribution in [3.05, 3.63) is 56.5 Å². The van der Waals surface area contributed by atoms with Gasteiger partial charge in [0, 0.05) is 9.50 Å². The van der Waals surface area contributed by atoms with Crippen molar-refractivity contribution in [3.8, 4) is 11.5 Å². The molecule has 0 amide bonds. The Balaban J connectivity index is 2.02. The minimum absolute atomic E-state index is 0.285. The van der Waals surface area contributed by atoms with Crippen LogP contribution in [-0.2, 0) is 0 Å². The average molecular weight is 369 g/mol. The second-order valence-corrected chi connectivity index (χ2v) is 6.35. The summed E-state index contributed by atoms with van der Waals surface area (Å²) >= 11 is 9.69. The fraction of sp³-hybridized carbons (Fsp3) is 0.250. The van der Waals surface area contributed by atoms with Crippen molar-refractivity contribution in [2.75, 3.05) is 13.2 Å². The molecule has 2 aromatic carbocycles. The molecule has 1 aliphatic rings. The number of halogens is 2. The Hall–Kier alpha value is -1.23. The van der Waals surface area contributed by atoms with Gasteiger partial charge in [-0.25, -0.2) is 0 Å². The van der Waals surface area contributed by atoms with E-state index in [1.54, 1.807) is 0 Å². The normalized spacial score (nSPS) is 14.9. The Morgan fingerprint density at radius 3 is 2.43 bits per heavy atom. The predicted octanol–water partition coefficient (Wildman–Crippen LogP) is 4.23. The van der Waals surface area contributed by atoms with Crippen LogP contribution in [0.5, 0.6) is 11.5 Å². The lowest BCUT2D eigenvalue weighted by atomic mass is 9.97. The maximum Gasteiger partial charge on any atom is 0.162 e. The summed E-state index contributed by atoms with van der Waals surface area (Å²) in [5.41, 5.74) is 9.40. The van der Waals surface area contributed by atoms with Gasteiger partial charge in [0.05, 0.1) is 6.04 Å². The van der Waals surface area contributed by atoms with Gasteiger partial charge in [0.15, 0.2) is 11.5 Å². The van der Waals surface area contributed by atoms with Gasteiger partial charge in [-0.1, -0.05) is 33.6 Å². The lowest BCUT2D eigenvalue weighted by molar-refractivity contribution is 0.171. The molecule has 0 spiro atoms. The molecular weight excluding hydrogens is 354 g/mol. The number of hydrogen-bond acceptors (Lipinski definition) is 3. The highest BCUT2D eigenvalue weighted by molar-refractivity contribution is 9.10. The zero-order valence-electron chi connectivity index (χ0n) is 11.5. The summed E-state index contributed by atoms with van der Waals surface area (Å²) in [4.78, 5) is 0. The molecule has 0 saturated carbocycles. The SMILES string of the molecule is Cc1cc(Cl)cc(C(N)c2cc3c(cc2Br)OCCO3)c1. The van der Waals surface area contributed by atoms with Crippen LogP contribution in [0.1, 0.15) is 22.7 Å². The summed E-state index contributed by atoms with van der Waals surface area (Å²) in [6.07, 6.45) is 0. The first-order chi connectivity index (χ1) is 10.0. The van der Waals surface area contributed by atoms with E-state index in [1.807, 2.05) is 37.3 Å². The first-order valence-corrected chi connectivity index (χ1v) is 7.83. The molecule has 0 bridgehead atoms. The Labute approximate surface area is 137 Å². The highest BCUT2D eigenvalue weighted by Crippen LogP contribution is 2.39. The number of fused-ring (bicyclic) bond motifs is 1. The molecule has 2 aromatic rings. The summed E-state index contributed by atoms with van der Waals surface area (Å²) < 4.78 is 12.1. The molecular formula is C16H15BrClNO2. The minimum atomic E-state index is -0.285. The number of nitrogens with two attached hydrogens (primary N) is 1.